The molecule has 1 atom stereocenters. The van der Waals surface area contributed by atoms with Crippen LogP contribution in [0.15, 0.2) is 18.2 Å². The predicted molar refractivity (Wildman–Crippen MR) is 78.1 cm³/mol. The highest BCUT2D eigenvalue weighted by Gasteiger charge is 2.34. The summed E-state index contributed by atoms with van der Waals surface area (Å²) < 4.78 is 34.2. The number of aromatic carboxylic acids is 1. The number of halogens is 1. The third kappa shape index (κ3) is 3.62. The van der Waals surface area contributed by atoms with Crippen molar-refractivity contribution in [2.75, 3.05) is 17.2 Å². The lowest BCUT2D eigenvalue weighted by Crippen LogP contribution is -2.26. The Morgan fingerprint density at radius 1 is 1.45 bits per heavy atom. The summed E-state index contributed by atoms with van der Waals surface area (Å²) in [6, 6.07) is 4.48. The number of hydrogen-bond donors (Lipinski definition) is 1. The maximum atomic E-state index is 12.8. The number of anilines is 1. The van der Waals surface area contributed by atoms with Crippen molar-refractivity contribution in [3.05, 3.63) is 29.3 Å². The van der Waals surface area contributed by atoms with Crippen molar-refractivity contribution in [1.82, 2.24) is 0 Å². The van der Waals surface area contributed by atoms with Gasteiger partial charge in [-0.1, -0.05) is 13.0 Å². The number of rotatable bonds is 5. The van der Waals surface area contributed by atoms with Gasteiger partial charge in [-0.3, -0.25) is 4.79 Å². The average Bonchev–Trinajstić information content (AvgIpc) is 2.76. The number of carbonyl (C=O) groups is 2. The topological polar surface area (TPSA) is 91.8 Å². The summed E-state index contributed by atoms with van der Waals surface area (Å²) in [7, 11) is -4.65. The summed E-state index contributed by atoms with van der Waals surface area (Å²) in [4.78, 5) is 24.5. The molecule has 1 aliphatic rings. The Hall–Kier alpha value is -1.96. The molecule has 0 saturated carbocycles. The van der Waals surface area contributed by atoms with Crippen molar-refractivity contribution in [1.29, 1.82) is 0 Å². The molecule has 1 N–H and O–H groups in total. The zero-order chi connectivity index (χ0) is 16.5. The number of aryl methyl sites for hydroxylation is 1. The van der Waals surface area contributed by atoms with Gasteiger partial charge in [-0.25, -0.2) is 4.79 Å². The highest BCUT2D eigenvalue weighted by molar-refractivity contribution is 7.86. The first-order valence-corrected chi connectivity index (χ1v) is 8.35. The molecular formula is C14H16FNO5S. The zero-order valence-electron chi connectivity index (χ0n) is 12.0. The molecule has 0 radical (unpaired) electrons. The minimum atomic E-state index is -4.65. The lowest BCUT2D eigenvalue weighted by Gasteiger charge is -2.20. The molecular weight excluding hydrogens is 313 g/mol. The van der Waals surface area contributed by atoms with Gasteiger partial charge in [0.2, 0.25) is 5.91 Å². The molecule has 1 aromatic rings. The van der Waals surface area contributed by atoms with E-state index in [4.69, 9.17) is 5.11 Å². The van der Waals surface area contributed by atoms with E-state index in [0.29, 0.717) is 12.1 Å². The normalized spacial score (nSPS) is 18.7. The highest BCUT2D eigenvalue weighted by atomic mass is 32.3. The first-order valence-electron chi connectivity index (χ1n) is 6.80. The van der Waals surface area contributed by atoms with Gasteiger partial charge in [0.1, 0.15) is 0 Å². The van der Waals surface area contributed by atoms with Gasteiger partial charge in [-0.15, -0.1) is 3.89 Å². The quantitative estimate of drug-likeness (QED) is 0.829. The van der Waals surface area contributed by atoms with Crippen LogP contribution in [0.3, 0.4) is 0 Å². The van der Waals surface area contributed by atoms with Gasteiger partial charge in [0, 0.05) is 24.6 Å². The fraction of sp³-hybridized carbons (Fsp3) is 0.429. The van der Waals surface area contributed by atoms with Crippen LogP contribution in [0.5, 0.6) is 0 Å². The van der Waals surface area contributed by atoms with Crippen molar-refractivity contribution in [3.8, 4) is 0 Å². The van der Waals surface area contributed by atoms with Crippen LogP contribution in [0, 0.1) is 5.92 Å². The van der Waals surface area contributed by atoms with E-state index < -0.39 is 27.9 Å². The van der Waals surface area contributed by atoms with Crippen LogP contribution in [0.1, 0.15) is 29.3 Å². The molecule has 6 nitrogen and oxygen atoms in total. The third-order valence-electron chi connectivity index (χ3n) is 3.64. The number of amides is 1. The van der Waals surface area contributed by atoms with Crippen LogP contribution in [0.4, 0.5) is 9.57 Å². The Balaban J connectivity index is 2.33. The third-order valence-corrected chi connectivity index (χ3v) is 4.51. The second kappa shape index (κ2) is 6.04. The lowest BCUT2D eigenvalue weighted by atomic mass is 10.1. The minimum Gasteiger partial charge on any atom is -0.478 e. The Labute approximate surface area is 127 Å². The van der Waals surface area contributed by atoms with Gasteiger partial charge in [0.15, 0.2) is 0 Å². The summed E-state index contributed by atoms with van der Waals surface area (Å²) in [5.74, 6) is -2.76. The van der Waals surface area contributed by atoms with Crippen molar-refractivity contribution < 1.29 is 27.0 Å². The number of benzene rings is 1. The molecule has 2 rings (SSSR count). The van der Waals surface area contributed by atoms with Crippen LogP contribution < -0.4 is 4.90 Å². The van der Waals surface area contributed by atoms with Crippen LogP contribution in [0.2, 0.25) is 0 Å². The number of carboxylic acids is 1. The van der Waals surface area contributed by atoms with Crippen LogP contribution >= 0.6 is 0 Å². The molecule has 8 heteroatoms. The first-order chi connectivity index (χ1) is 10.2. The largest absolute Gasteiger partial charge is 0.478 e. The van der Waals surface area contributed by atoms with Gasteiger partial charge in [-0.05, 0) is 24.1 Å². The number of nitrogens with zero attached hydrogens (tertiary/aromatic N) is 1. The molecule has 120 valence electrons. The number of carbonyl (C=O) groups excluding carboxylic acids is 1. The summed E-state index contributed by atoms with van der Waals surface area (Å²) in [6.45, 7) is 1.93. The Morgan fingerprint density at radius 3 is 2.68 bits per heavy atom. The van der Waals surface area contributed by atoms with Crippen LogP contribution in [-0.4, -0.2) is 37.7 Å². The average molecular weight is 329 g/mol. The summed E-state index contributed by atoms with van der Waals surface area (Å²) in [5.41, 5.74) is 1.27. The van der Waals surface area contributed by atoms with E-state index in [1.807, 2.05) is 6.92 Å². The van der Waals surface area contributed by atoms with Crippen LogP contribution in [-0.2, 0) is 21.4 Å². The SMILES string of the molecule is CCc1ccc(C(=O)O)cc1N1CC(CS(=O)(=O)F)CC1=O. The van der Waals surface area contributed by atoms with E-state index in [1.54, 1.807) is 6.07 Å². The van der Waals surface area contributed by atoms with E-state index >= 15 is 0 Å². The van der Waals surface area contributed by atoms with E-state index in [0.717, 1.165) is 5.56 Å². The molecule has 1 fully saturated rings. The Morgan fingerprint density at radius 2 is 2.14 bits per heavy atom. The molecule has 0 aliphatic carbocycles. The summed E-state index contributed by atoms with van der Waals surface area (Å²) in [6.07, 6.45) is 0.523. The molecule has 1 unspecified atom stereocenters. The standard InChI is InChI=1S/C14H16FNO5S/c1-2-10-3-4-11(14(18)19)6-12(10)16-7-9(5-13(16)17)8-22(15,20)21/h3-4,6,9H,2,5,7-8H2,1H3,(H,18,19). The highest BCUT2D eigenvalue weighted by Crippen LogP contribution is 2.30. The second-order valence-electron chi connectivity index (χ2n) is 5.28. The second-order valence-corrected chi connectivity index (χ2v) is 6.69. The molecule has 1 saturated heterocycles. The summed E-state index contributed by atoms with van der Waals surface area (Å²) >= 11 is 0. The molecule has 0 bridgehead atoms. The van der Waals surface area contributed by atoms with E-state index in [1.165, 1.54) is 17.0 Å². The van der Waals surface area contributed by atoms with Crippen LogP contribution in [0.25, 0.3) is 0 Å². The van der Waals surface area contributed by atoms with Crippen molar-refractivity contribution in [3.63, 3.8) is 0 Å². The van der Waals surface area contributed by atoms with Crippen molar-refractivity contribution >= 4 is 27.8 Å². The van der Waals surface area contributed by atoms with E-state index in [-0.39, 0.29) is 24.4 Å². The molecule has 0 spiro atoms. The van der Waals surface area contributed by atoms with Crippen molar-refractivity contribution in [2.24, 2.45) is 5.92 Å². The van der Waals surface area contributed by atoms with Gasteiger partial charge < -0.3 is 10.0 Å². The molecule has 1 amide bonds. The lowest BCUT2D eigenvalue weighted by molar-refractivity contribution is -0.117. The molecule has 1 aliphatic heterocycles. The fourth-order valence-electron chi connectivity index (χ4n) is 2.65. The van der Waals surface area contributed by atoms with E-state index in [2.05, 4.69) is 0 Å². The zero-order valence-corrected chi connectivity index (χ0v) is 12.8. The fourth-order valence-corrected chi connectivity index (χ4v) is 3.44. The Bertz CT molecular complexity index is 716. The van der Waals surface area contributed by atoms with Gasteiger partial charge in [-0.2, -0.15) is 8.42 Å². The maximum absolute atomic E-state index is 12.8. The Kier molecular flexibility index (Phi) is 4.50. The van der Waals surface area contributed by atoms with Gasteiger partial charge >= 0.3 is 16.2 Å². The van der Waals surface area contributed by atoms with Crippen molar-refractivity contribution in [2.45, 2.75) is 19.8 Å². The molecule has 0 aromatic heterocycles. The monoisotopic (exact) mass is 329 g/mol. The molecule has 1 aromatic carbocycles. The molecule has 1 heterocycles. The number of hydrogen-bond acceptors (Lipinski definition) is 4. The summed E-state index contributed by atoms with van der Waals surface area (Å²) in [5, 5.41) is 9.05. The molecule has 22 heavy (non-hydrogen) atoms. The first kappa shape index (κ1) is 16.4. The predicted octanol–water partition coefficient (Wildman–Crippen LogP) is 1.60. The van der Waals surface area contributed by atoms with E-state index in [9.17, 15) is 21.9 Å². The minimum absolute atomic E-state index is 0.0431. The smallest absolute Gasteiger partial charge is 0.335 e. The van der Waals surface area contributed by atoms with Gasteiger partial charge in [0.25, 0.3) is 0 Å². The maximum Gasteiger partial charge on any atom is 0.335 e. The number of carboxylic acid groups (broad SMARTS) is 1. The van der Waals surface area contributed by atoms with Gasteiger partial charge in [0.05, 0.1) is 11.3 Å².